The zero-order valence-electron chi connectivity index (χ0n) is 14.2. The van der Waals surface area contributed by atoms with Crippen LogP contribution < -0.4 is 5.73 Å². The van der Waals surface area contributed by atoms with Crippen molar-refractivity contribution >= 4 is 34.1 Å². The van der Waals surface area contributed by atoms with E-state index in [2.05, 4.69) is 0 Å². The van der Waals surface area contributed by atoms with Crippen molar-refractivity contribution in [2.45, 2.75) is 26.3 Å². The molecule has 3 aromatic rings. The molecule has 1 amide bonds. The highest BCUT2D eigenvalue weighted by Crippen LogP contribution is 2.35. The summed E-state index contributed by atoms with van der Waals surface area (Å²) in [4.78, 5) is 23.0. The summed E-state index contributed by atoms with van der Waals surface area (Å²) < 4.78 is 1.87. The van der Waals surface area contributed by atoms with Crippen LogP contribution in [0.2, 0.25) is 5.02 Å². The Bertz CT molecular complexity index is 1010. The van der Waals surface area contributed by atoms with Gasteiger partial charge in [-0.25, -0.2) is 0 Å². The van der Waals surface area contributed by atoms with Gasteiger partial charge in [-0.05, 0) is 36.2 Å². The molecule has 1 aromatic heterocycles. The predicted octanol–water partition coefficient (Wildman–Crippen LogP) is 4.30. The Morgan fingerprint density at radius 1 is 1.27 bits per heavy atom. The van der Waals surface area contributed by atoms with Gasteiger partial charge in [-0.2, -0.15) is 0 Å². The highest BCUT2D eigenvalue weighted by atomic mass is 35.5. The summed E-state index contributed by atoms with van der Waals surface area (Å²) in [5.74, 6) is -0.572. The average molecular weight is 372 g/mol. The lowest BCUT2D eigenvalue weighted by Gasteiger charge is -2.11. The van der Waals surface area contributed by atoms with Gasteiger partial charge in [-0.3, -0.25) is 14.9 Å². The molecule has 2 aromatic carbocycles. The second kappa shape index (κ2) is 7.17. The maximum absolute atomic E-state index is 11.7. The molecule has 0 saturated heterocycles. The summed E-state index contributed by atoms with van der Waals surface area (Å²) in [7, 11) is 0. The molecular formula is C19H18ClN3O3. The molecule has 0 aliphatic carbocycles. The number of nitrogens with zero attached hydrogens (tertiary/aromatic N) is 2. The van der Waals surface area contributed by atoms with Crippen LogP contribution >= 0.6 is 11.6 Å². The molecule has 3 rings (SSSR count). The number of fused-ring (bicyclic) bond motifs is 1. The number of halogens is 1. The lowest BCUT2D eigenvalue weighted by atomic mass is 10.1. The van der Waals surface area contributed by atoms with Gasteiger partial charge < -0.3 is 10.3 Å². The quantitative estimate of drug-likeness (QED) is 0.517. The predicted molar refractivity (Wildman–Crippen MR) is 102 cm³/mol. The first kappa shape index (κ1) is 17.9. The number of primary amides is 1. The summed E-state index contributed by atoms with van der Waals surface area (Å²) in [5, 5.41) is 12.8. The Kier molecular flexibility index (Phi) is 4.95. The number of carbonyl (C=O) groups is 1. The van der Waals surface area contributed by atoms with E-state index in [-0.39, 0.29) is 10.6 Å². The van der Waals surface area contributed by atoms with Crippen molar-refractivity contribution in [1.29, 1.82) is 0 Å². The minimum Gasteiger partial charge on any atom is -0.366 e. The molecule has 134 valence electrons. The van der Waals surface area contributed by atoms with Crippen LogP contribution in [0.15, 0.2) is 42.5 Å². The number of nitro groups is 1. The number of hydrogen-bond acceptors (Lipinski definition) is 3. The van der Waals surface area contributed by atoms with Crippen LogP contribution in [0.4, 0.5) is 5.69 Å². The van der Waals surface area contributed by atoms with Crippen molar-refractivity contribution < 1.29 is 9.72 Å². The van der Waals surface area contributed by atoms with E-state index in [4.69, 9.17) is 17.3 Å². The van der Waals surface area contributed by atoms with Crippen molar-refractivity contribution in [2.24, 2.45) is 5.73 Å². The van der Waals surface area contributed by atoms with Gasteiger partial charge in [0.05, 0.1) is 21.5 Å². The molecule has 0 fully saturated rings. The number of rotatable bonds is 6. The third kappa shape index (κ3) is 3.15. The van der Waals surface area contributed by atoms with Crippen LogP contribution in [0.1, 0.15) is 35.0 Å². The number of aromatic nitrogens is 1. The van der Waals surface area contributed by atoms with Crippen molar-refractivity contribution in [3.63, 3.8) is 0 Å². The Morgan fingerprint density at radius 2 is 2.00 bits per heavy atom. The summed E-state index contributed by atoms with van der Waals surface area (Å²) in [6, 6.07) is 12.1. The number of carbonyl (C=O) groups excluding carboxylic acids is 1. The van der Waals surface area contributed by atoms with Gasteiger partial charge in [-0.15, -0.1) is 0 Å². The number of amides is 1. The summed E-state index contributed by atoms with van der Waals surface area (Å²) in [5.41, 5.74) is 7.86. The van der Waals surface area contributed by atoms with Gasteiger partial charge in [0.2, 0.25) is 5.91 Å². The van der Waals surface area contributed by atoms with Gasteiger partial charge in [0.1, 0.15) is 0 Å². The maximum Gasteiger partial charge on any atom is 0.297 e. The van der Waals surface area contributed by atoms with E-state index in [0.29, 0.717) is 40.1 Å². The van der Waals surface area contributed by atoms with Crippen LogP contribution in [-0.4, -0.2) is 15.4 Å². The molecule has 0 saturated carbocycles. The minimum atomic E-state index is -0.572. The van der Waals surface area contributed by atoms with Crippen molar-refractivity contribution in [2.75, 3.05) is 0 Å². The Hall–Kier alpha value is -2.86. The lowest BCUT2D eigenvalue weighted by Crippen LogP contribution is -2.11. The molecular weight excluding hydrogens is 354 g/mol. The zero-order chi connectivity index (χ0) is 18.8. The van der Waals surface area contributed by atoms with E-state index in [0.717, 1.165) is 12.0 Å². The van der Waals surface area contributed by atoms with Crippen molar-refractivity contribution in [3.05, 3.63) is 74.4 Å². The van der Waals surface area contributed by atoms with Crippen molar-refractivity contribution in [3.8, 4) is 0 Å². The minimum absolute atomic E-state index is 0.0740. The summed E-state index contributed by atoms with van der Waals surface area (Å²) >= 11 is 6.28. The van der Waals surface area contributed by atoms with E-state index in [9.17, 15) is 14.9 Å². The highest BCUT2D eigenvalue weighted by Gasteiger charge is 2.26. The maximum atomic E-state index is 11.7. The second-order valence-electron chi connectivity index (χ2n) is 6.08. The van der Waals surface area contributed by atoms with Crippen LogP contribution in [-0.2, 0) is 13.0 Å². The highest BCUT2D eigenvalue weighted by molar-refractivity contribution is 6.31. The summed E-state index contributed by atoms with van der Waals surface area (Å²) in [6.45, 7) is 2.34. The fraction of sp³-hybridized carbons (Fsp3) is 0.211. The first-order valence-electron chi connectivity index (χ1n) is 8.26. The van der Waals surface area contributed by atoms with Gasteiger partial charge >= 0.3 is 0 Å². The van der Waals surface area contributed by atoms with E-state index in [1.165, 1.54) is 6.07 Å². The van der Waals surface area contributed by atoms with E-state index < -0.39 is 5.91 Å². The number of benzene rings is 2. The SMILES string of the molecule is CCCc1c([N+](=O)[O-])c2ccc(C(N)=O)cc2n1Cc1ccccc1Cl. The number of nitrogens with two attached hydrogens (primary N) is 1. The molecule has 0 atom stereocenters. The van der Waals surface area contributed by atoms with Crippen LogP contribution in [0.5, 0.6) is 0 Å². The Balaban J connectivity index is 2.31. The molecule has 26 heavy (non-hydrogen) atoms. The zero-order valence-corrected chi connectivity index (χ0v) is 15.0. The van der Waals surface area contributed by atoms with Crippen LogP contribution in [0.3, 0.4) is 0 Å². The molecule has 1 heterocycles. The number of hydrogen-bond donors (Lipinski definition) is 1. The van der Waals surface area contributed by atoms with E-state index in [1.807, 2.05) is 29.7 Å². The smallest absolute Gasteiger partial charge is 0.297 e. The third-order valence-electron chi connectivity index (χ3n) is 4.38. The fourth-order valence-corrected chi connectivity index (χ4v) is 3.40. The van der Waals surface area contributed by atoms with Gasteiger partial charge in [0.15, 0.2) is 0 Å². The Labute approximate surface area is 155 Å². The topological polar surface area (TPSA) is 91.2 Å². The van der Waals surface area contributed by atoms with Gasteiger partial charge in [-0.1, -0.05) is 43.1 Å². The molecule has 2 N–H and O–H groups in total. The molecule has 0 aliphatic rings. The average Bonchev–Trinajstić information content (AvgIpc) is 2.90. The summed E-state index contributed by atoms with van der Waals surface area (Å²) in [6.07, 6.45) is 1.30. The molecule has 0 spiro atoms. The fourth-order valence-electron chi connectivity index (χ4n) is 3.21. The first-order valence-corrected chi connectivity index (χ1v) is 8.64. The lowest BCUT2D eigenvalue weighted by molar-refractivity contribution is -0.383. The second-order valence-corrected chi connectivity index (χ2v) is 6.48. The normalized spacial score (nSPS) is 11.0. The van der Waals surface area contributed by atoms with Gasteiger partial charge in [0.25, 0.3) is 5.69 Å². The molecule has 0 aliphatic heterocycles. The van der Waals surface area contributed by atoms with E-state index in [1.54, 1.807) is 18.2 Å². The molecule has 0 unspecified atom stereocenters. The molecule has 0 bridgehead atoms. The molecule has 0 radical (unpaired) electrons. The Morgan fingerprint density at radius 3 is 2.62 bits per heavy atom. The van der Waals surface area contributed by atoms with Gasteiger partial charge in [0, 0.05) is 17.1 Å². The largest absolute Gasteiger partial charge is 0.366 e. The van der Waals surface area contributed by atoms with Crippen LogP contribution in [0, 0.1) is 10.1 Å². The van der Waals surface area contributed by atoms with E-state index >= 15 is 0 Å². The first-order chi connectivity index (χ1) is 12.4. The third-order valence-corrected chi connectivity index (χ3v) is 4.75. The molecule has 6 nitrogen and oxygen atoms in total. The van der Waals surface area contributed by atoms with Crippen LogP contribution in [0.25, 0.3) is 10.9 Å². The van der Waals surface area contributed by atoms with Crippen molar-refractivity contribution in [1.82, 2.24) is 4.57 Å². The monoisotopic (exact) mass is 371 g/mol. The standard InChI is InChI=1S/C19H18ClN3O3/c1-2-5-16-18(23(25)26)14-9-8-12(19(21)24)10-17(14)22(16)11-13-6-3-4-7-15(13)20/h3-4,6-10H,2,5,11H2,1H3,(H2,21,24). The molecule has 7 heteroatoms.